The summed E-state index contributed by atoms with van der Waals surface area (Å²) in [4.78, 5) is 25.8. The lowest BCUT2D eigenvalue weighted by molar-refractivity contribution is 0.0696. The van der Waals surface area contributed by atoms with Crippen LogP contribution < -0.4 is 5.32 Å². The third-order valence-corrected chi connectivity index (χ3v) is 1.78. The molecule has 0 saturated heterocycles. The molecule has 1 heterocycles. The van der Waals surface area contributed by atoms with E-state index in [4.69, 9.17) is 5.11 Å². The van der Waals surface area contributed by atoms with Crippen molar-refractivity contribution in [2.75, 3.05) is 6.54 Å². The van der Waals surface area contributed by atoms with Gasteiger partial charge in [0.25, 0.3) is 5.91 Å². The lowest BCUT2D eigenvalue weighted by Gasteiger charge is -2.02. The van der Waals surface area contributed by atoms with Crippen LogP contribution in [-0.2, 0) is 0 Å². The van der Waals surface area contributed by atoms with Gasteiger partial charge in [0.1, 0.15) is 5.69 Å². The third-order valence-electron chi connectivity index (χ3n) is 1.78. The van der Waals surface area contributed by atoms with Gasteiger partial charge in [0, 0.05) is 12.7 Å². The second kappa shape index (κ2) is 5.09. The number of pyridine rings is 1. The van der Waals surface area contributed by atoms with Crippen LogP contribution in [0.5, 0.6) is 0 Å². The first-order valence-corrected chi connectivity index (χ1v) is 4.62. The van der Waals surface area contributed by atoms with E-state index in [2.05, 4.69) is 10.3 Å². The number of nitrogens with zero attached hydrogens (tertiary/aromatic N) is 1. The Hall–Kier alpha value is -1.91. The molecule has 0 aliphatic carbocycles. The number of amides is 1. The molecule has 0 unspecified atom stereocenters. The first kappa shape index (κ1) is 11.2. The molecule has 0 atom stereocenters. The minimum atomic E-state index is -1.07. The molecule has 2 N–H and O–H groups in total. The van der Waals surface area contributed by atoms with Crippen LogP contribution in [-0.4, -0.2) is 28.5 Å². The monoisotopic (exact) mass is 208 g/mol. The van der Waals surface area contributed by atoms with E-state index < -0.39 is 5.97 Å². The summed E-state index contributed by atoms with van der Waals surface area (Å²) in [5.74, 6) is -1.41. The number of carbonyl (C=O) groups is 2. The van der Waals surface area contributed by atoms with Crippen molar-refractivity contribution >= 4 is 11.9 Å². The molecular formula is C10H12N2O3. The fraction of sp³-hybridized carbons (Fsp3) is 0.300. The van der Waals surface area contributed by atoms with Crippen molar-refractivity contribution in [1.29, 1.82) is 0 Å². The van der Waals surface area contributed by atoms with E-state index in [9.17, 15) is 9.59 Å². The molecular weight excluding hydrogens is 196 g/mol. The van der Waals surface area contributed by atoms with Crippen LogP contribution >= 0.6 is 0 Å². The number of rotatable bonds is 4. The van der Waals surface area contributed by atoms with Crippen LogP contribution in [0.15, 0.2) is 18.3 Å². The largest absolute Gasteiger partial charge is 0.478 e. The average molecular weight is 208 g/mol. The number of carbonyl (C=O) groups excluding carboxylic acids is 1. The molecule has 0 radical (unpaired) electrons. The smallest absolute Gasteiger partial charge is 0.335 e. The summed E-state index contributed by atoms with van der Waals surface area (Å²) in [5.41, 5.74) is 0.190. The fourth-order valence-corrected chi connectivity index (χ4v) is 1.02. The maximum atomic E-state index is 11.4. The standard InChI is InChI=1S/C10H12N2O3/c1-2-4-12-9(13)8-6-7(10(14)15)3-5-11-8/h3,5-6H,2,4H2,1H3,(H,12,13)(H,14,15). The first-order chi connectivity index (χ1) is 7.15. The van der Waals surface area contributed by atoms with Gasteiger partial charge in [-0.25, -0.2) is 4.79 Å². The summed E-state index contributed by atoms with van der Waals surface area (Å²) in [6, 6.07) is 2.60. The zero-order chi connectivity index (χ0) is 11.3. The lowest BCUT2D eigenvalue weighted by atomic mass is 10.2. The Morgan fingerprint density at radius 1 is 1.53 bits per heavy atom. The third kappa shape index (κ3) is 3.05. The normalized spacial score (nSPS) is 9.67. The van der Waals surface area contributed by atoms with Gasteiger partial charge in [-0.2, -0.15) is 0 Å². The van der Waals surface area contributed by atoms with Gasteiger partial charge >= 0.3 is 5.97 Å². The maximum absolute atomic E-state index is 11.4. The van der Waals surface area contributed by atoms with Gasteiger partial charge in [-0.1, -0.05) is 6.92 Å². The van der Waals surface area contributed by atoms with E-state index in [0.29, 0.717) is 6.54 Å². The van der Waals surface area contributed by atoms with Gasteiger partial charge in [-0.15, -0.1) is 0 Å². The molecule has 1 aromatic rings. The molecule has 1 aromatic heterocycles. The van der Waals surface area contributed by atoms with Crippen LogP contribution in [0, 0.1) is 0 Å². The highest BCUT2D eigenvalue weighted by Gasteiger charge is 2.09. The summed E-state index contributed by atoms with van der Waals surface area (Å²) in [7, 11) is 0. The highest BCUT2D eigenvalue weighted by atomic mass is 16.4. The number of aromatic carboxylic acids is 1. The molecule has 5 nitrogen and oxygen atoms in total. The average Bonchev–Trinajstić information content (AvgIpc) is 2.26. The number of hydrogen-bond donors (Lipinski definition) is 2. The molecule has 0 fully saturated rings. The van der Waals surface area contributed by atoms with Crippen molar-refractivity contribution in [3.8, 4) is 0 Å². The summed E-state index contributed by atoms with van der Waals surface area (Å²) >= 11 is 0. The number of carboxylic acids is 1. The first-order valence-electron chi connectivity index (χ1n) is 4.62. The van der Waals surface area contributed by atoms with E-state index in [-0.39, 0.29) is 17.2 Å². The Kier molecular flexibility index (Phi) is 3.79. The van der Waals surface area contributed by atoms with Crippen molar-refractivity contribution in [2.24, 2.45) is 0 Å². The van der Waals surface area contributed by atoms with Gasteiger partial charge in [-0.3, -0.25) is 9.78 Å². The second-order valence-electron chi connectivity index (χ2n) is 2.99. The van der Waals surface area contributed by atoms with Gasteiger partial charge in [0.2, 0.25) is 0 Å². The van der Waals surface area contributed by atoms with Gasteiger partial charge in [0.05, 0.1) is 5.56 Å². The van der Waals surface area contributed by atoms with E-state index in [0.717, 1.165) is 6.42 Å². The van der Waals surface area contributed by atoms with E-state index in [1.807, 2.05) is 6.92 Å². The van der Waals surface area contributed by atoms with Crippen molar-refractivity contribution in [1.82, 2.24) is 10.3 Å². The van der Waals surface area contributed by atoms with Gasteiger partial charge < -0.3 is 10.4 Å². The van der Waals surface area contributed by atoms with Crippen LogP contribution in [0.25, 0.3) is 0 Å². The molecule has 15 heavy (non-hydrogen) atoms. The summed E-state index contributed by atoms with van der Waals surface area (Å²) < 4.78 is 0. The quantitative estimate of drug-likeness (QED) is 0.771. The lowest BCUT2D eigenvalue weighted by Crippen LogP contribution is -2.25. The molecule has 0 saturated carbocycles. The number of aromatic nitrogens is 1. The Labute approximate surface area is 87.1 Å². The van der Waals surface area contributed by atoms with E-state index >= 15 is 0 Å². The van der Waals surface area contributed by atoms with Crippen LogP contribution in [0.3, 0.4) is 0 Å². The molecule has 0 aliphatic heterocycles. The zero-order valence-electron chi connectivity index (χ0n) is 8.36. The molecule has 0 aromatic carbocycles. The van der Waals surface area contributed by atoms with Crippen LogP contribution in [0.1, 0.15) is 34.2 Å². The molecule has 0 aliphatic rings. The Bertz CT molecular complexity index is 377. The highest BCUT2D eigenvalue weighted by molar-refractivity contribution is 5.95. The Morgan fingerprint density at radius 3 is 2.87 bits per heavy atom. The van der Waals surface area contributed by atoms with Crippen molar-refractivity contribution in [2.45, 2.75) is 13.3 Å². The molecule has 5 heteroatoms. The molecule has 1 amide bonds. The Balaban J connectivity index is 2.81. The summed E-state index contributed by atoms with van der Waals surface area (Å²) in [6.45, 7) is 2.49. The minimum Gasteiger partial charge on any atom is -0.478 e. The molecule has 80 valence electrons. The predicted octanol–water partition coefficient (Wildman–Crippen LogP) is 0.920. The van der Waals surface area contributed by atoms with Gasteiger partial charge in [-0.05, 0) is 18.6 Å². The molecule has 0 bridgehead atoms. The highest BCUT2D eigenvalue weighted by Crippen LogP contribution is 2.01. The zero-order valence-corrected chi connectivity index (χ0v) is 8.36. The molecule has 1 rings (SSSR count). The minimum absolute atomic E-state index is 0.0617. The van der Waals surface area contributed by atoms with Crippen LogP contribution in [0.2, 0.25) is 0 Å². The fourth-order valence-electron chi connectivity index (χ4n) is 1.02. The predicted molar refractivity (Wildman–Crippen MR) is 53.8 cm³/mol. The van der Waals surface area contributed by atoms with E-state index in [1.54, 1.807) is 0 Å². The van der Waals surface area contributed by atoms with Gasteiger partial charge in [0.15, 0.2) is 0 Å². The summed E-state index contributed by atoms with van der Waals surface area (Å²) in [5, 5.41) is 11.3. The van der Waals surface area contributed by atoms with Crippen molar-refractivity contribution < 1.29 is 14.7 Å². The second-order valence-corrected chi connectivity index (χ2v) is 2.99. The van der Waals surface area contributed by atoms with Crippen molar-refractivity contribution in [3.63, 3.8) is 0 Å². The SMILES string of the molecule is CCCNC(=O)c1cc(C(=O)O)ccn1. The molecule has 0 spiro atoms. The van der Waals surface area contributed by atoms with E-state index in [1.165, 1.54) is 18.3 Å². The van der Waals surface area contributed by atoms with Crippen LogP contribution in [0.4, 0.5) is 0 Å². The number of carboxylic acid groups (broad SMARTS) is 1. The number of nitrogens with one attached hydrogen (secondary N) is 1. The Morgan fingerprint density at radius 2 is 2.27 bits per heavy atom. The summed E-state index contributed by atoms with van der Waals surface area (Å²) in [6.07, 6.45) is 2.13. The number of hydrogen-bond acceptors (Lipinski definition) is 3. The van der Waals surface area contributed by atoms with Crippen molar-refractivity contribution in [3.05, 3.63) is 29.6 Å². The topological polar surface area (TPSA) is 79.3 Å². The maximum Gasteiger partial charge on any atom is 0.335 e.